The van der Waals surface area contributed by atoms with Crippen LogP contribution in [-0.2, 0) is 15.9 Å². The third-order valence-corrected chi connectivity index (χ3v) is 4.87. The predicted molar refractivity (Wildman–Crippen MR) is 101 cm³/mol. The van der Waals surface area contributed by atoms with Crippen molar-refractivity contribution in [2.75, 3.05) is 20.8 Å². The quantitative estimate of drug-likeness (QED) is 0.652. The van der Waals surface area contributed by atoms with E-state index in [4.69, 9.17) is 18.9 Å². The number of ether oxygens (including phenoxy) is 4. The summed E-state index contributed by atoms with van der Waals surface area (Å²) in [4.78, 5) is 0. The molecule has 3 N–H and O–H groups in total. The highest BCUT2D eigenvalue weighted by molar-refractivity contribution is 5.39. The molecule has 0 amide bonds. The average molecular weight is 390 g/mol. The maximum absolute atomic E-state index is 10.3. The SMILES string of the molecule is COc1ccc(Cc2ccccc2O[C@@H]2O[C@H](CO)[C@@H](O)[C@H](O)[C@H]2OC)cc1. The lowest BCUT2D eigenvalue weighted by Gasteiger charge is -2.41. The molecular weight excluding hydrogens is 364 g/mol. The zero-order chi connectivity index (χ0) is 20.1. The van der Waals surface area contributed by atoms with Crippen LogP contribution in [0.5, 0.6) is 11.5 Å². The summed E-state index contributed by atoms with van der Waals surface area (Å²) in [5, 5.41) is 29.7. The lowest BCUT2D eigenvalue weighted by Crippen LogP contribution is -2.60. The third kappa shape index (κ3) is 4.45. The maximum Gasteiger partial charge on any atom is 0.229 e. The summed E-state index contributed by atoms with van der Waals surface area (Å²) >= 11 is 0. The Kier molecular flexibility index (Phi) is 6.88. The number of hydrogen-bond donors (Lipinski definition) is 3. The van der Waals surface area contributed by atoms with Crippen LogP contribution < -0.4 is 9.47 Å². The van der Waals surface area contributed by atoms with Gasteiger partial charge in [0.15, 0.2) is 0 Å². The molecule has 0 saturated carbocycles. The van der Waals surface area contributed by atoms with Gasteiger partial charge in [-0.15, -0.1) is 0 Å². The first-order valence-electron chi connectivity index (χ1n) is 9.10. The van der Waals surface area contributed by atoms with Crippen LogP contribution in [0.1, 0.15) is 11.1 Å². The molecule has 1 saturated heterocycles. The molecule has 0 spiro atoms. The van der Waals surface area contributed by atoms with Crippen molar-refractivity contribution in [3.63, 3.8) is 0 Å². The molecule has 1 fully saturated rings. The Hall–Kier alpha value is -2.16. The van der Waals surface area contributed by atoms with E-state index in [9.17, 15) is 15.3 Å². The molecular formula is C21H26O7. The van der Waals surface area contributed by atoms with E-state index in [0.717, 1.165) is 16.9 Å². The summed E-state index contributed by atoms with van der Waals surface area (Å²) in [5.74, 6) is 1.36. The summed E-state index contributed by atoms with van der Waals surface area (Å²) in [6.45, 7) is -0.442. The Morgan fingerprint density at radius 1 is 0.964 bits per heavy atom. The monoisotopic (exact) mass is 390 g/mol. The number of aliphatic hydroxyl groups is 3. The summed E-state index contributed by atoms with van der Waals surface area (Å²) in [6, 6.07) is 15.3. The number of benzene rings is 2. The number of para-hydroxylation sites is 1. The van der Waals surface area contributed by atoms with Gasteiger partial charge in [0.1, 0.15) is 35.9 Å². The molecule has 2 aromatic rings. The van der Waals surface area contributed by atoms with E-state index in [1.807, 2.05) is 42.5 Å². The minimum atomic E-state index is -1.26. The second-order valence-electron chi connectivity index (χ2n) is 6.66. The molecule has 28 heavy (non-hydrogen) atoms. The molecule has 5 atom stereocenters. The van der Waals surface area contributed by atoms with Crippen LogP contribution >= 0.6 is 0 Å². The van der Waals surface area contributed by atoms with Gasteiger partial charge in [0.2, 0.25) is 6.29 Å². The smallest absolute Gasteiger partial charge is 0.229 e. The lowest BCUT2D eigenvalue weighted by atomic mass is 9.99. The molecule has 0 radical (unpaired) electrons. The van der Waals surface area contributed by atoms with Crippen molar-refractivity contribution in [2.24, 2.45) is 0 Å². The van der Waals surface area contributed by atoms with E-state index >= 15 is 0 Å². The van der Waals surface area contributed by atoms with Gasteiger partial charge >= 0.3 is 0 Å². The van der Waals surface area contributed by atoms with Crippen LogP contribution in [0, 0.1) is 0 Å². The van der Waals surface area contributed by atoms with Crippen LogP contribution in [0.2, 0.25) is 0 Å². The van der Waals surface area contributed by atoms with Gasteiger partial charge in [-0.1, -0.05) is 30.3 Å². The first kappa shape index (κ1) is 20.6. The first-order valence-corrected chi connectivity index (χ1v) is 9.10. The van der Waals surface area contributed by atoms with Crippen LogP contribution in [0.15, 0.2) is 48.5 Å². The summed E-state index contributed by atoms with van der Waals surface area (Å²) in [6.07, 6.45) is -4.71. The molecule has 7 nitrogen and oxygen atoms in total. The lowest BCUT2D eigenvalue weighted by molar-refractivity contribution is -0.283. The number of aliphatic hydroxyl groups excluding tert-OH is 3. The van der Waals surface area contributed by atoms with Crippen LogP contribution in [0.3, 0.4) is 0 Å². The van der Waals surface area contributed by atoms with E-state index in [1.54, 1.807) is 13.2 Å². The summed E-state index contributed by atoms with van der Waals surface area (Å²) in [5.41, 5.74) is 2.00. The number of methoxy groups -OCH3 is 2. The fourth-order valence-corrected chi connectivity index (χ4v) is 3.26. The van der Waals surface area contributed by atoms with Gasteiger partial charge in [-0.05, 0) is 29.3 Å². The molecule has 1 aliphatic heterocycles. The fraction of sp³-hybridized carbons (Fsp3) is 0.429. The summed E-state index contributed by atoms with van der Waals surface area (Å²) in [7, 11) is 3.03. The van der Waals surface area contributed by atoms with Crippen molar-refractivity contribution in [3.05, 3.63) is 59.7 Å². The fourth-order valence-electron chi connectivity index (χ4n) is 3.26. The van der Waals surface area contributed by atoms with Crippen molar-refractivity contribution in [1.82, 2.24) is 0 Å². The van der Waals surface area contributed by atoms with E-state index < -0.39 is 37.3 Å². The minimum absolute atomic E-state index is 0.442. The molecule has 0 bridgehead atoms. The molecule has 3 rings (SSSR count). The van der Waals surface area contributed by atoms with Gasteiger partial charge < -0.3 is 34.3 Å². The molecule has 0 unspecified atom stereocenters. The molecule has 0 aromatic heterocycles. The third-order valence-electron chi connectivity index (χ3n) is 4.87. The normalized spacial score (nSPS) is 27.4. The van der Waals surface area contributed by atoms with Crippen molar-refractivity contribution >= 4 is 0 Å². The Labute approximate surface area is 164 Å². The summed E-state index contributed by atoms with van der Waals surface area (Å²) < 4.78 is 22.1. The van der Waals surface area contributed by atoms with Gasteiger partial charge in [-0.25, -0.2) is 0 Å². The number of rotatable bonds is 7. The molecule has 1 aliphatic rings. The van der Waals surface area contributed by atoms with E-state index in [0.29, 0.717) is 12.2 Å². The largest absolute Gasteiger partial charge is 0.497 e. The second-order valence-corrected chi connectivity index (χ2v) is 6.66. The Bertz CT molecular complexity index is 749. The molecule has 2 aromatic carbocycles. The van der Waals surface area contributed by atoms with Crippen molar-refractivity contribution < 1.29 is 34.3 Å². The first-order chi connectivity index (χ1) is 13.6. The van der Waals surface area contributed by atoms with Crippen LogP contribution in [0.4, 0.5) is 0 Å². The highest BCUT2D eigenvalue weighted by Gasteiger charge is 2.46. The molecule has 0 aliphatic carbocycles. The minimum Gasteiger partial charge on any atom is -0.497 e. The van der Waals surface area contributed by atoms with Gasteiger partial charge in [0, 0.05) is 13.5 Å². The Balaban J connectivity index is 1.79. The zero-order valence-corrected chi connectivity index (χ0v) is 15.9. The standard InChI is InChI=1S/C21H26O7/c1-25-15-9-7-13(8-10-15)11-14-5-3-4-6-16(14)27-21-20(26-2)19(24)18(23)17(12-22)28-21/h3-10,17-24H,11-12H2,1-2H3/t17-,18-,19+,20-,21-/m1/s1. The maximum atomic E-state index is 10.3. The molecule has 152 valence electrons. The van der Waals surface area contributed by atoms with E-state index in [2.05, 4.69) is 0 Å². The zero-order valence-electron chi connectivity index (χ0n) is 15.9. The highest BCUT2D eigenvalue weighted by Crippen LogP contribution is 2.29. The van der Waals surface area contributed by atoms with Crippen molar-refractivity contribution in [2.45, 2.75) is 37.1 Å². The molecule has 1 heterocycles. The highest BCUT2D eigenvalue weighted by atomic mass is 16.7. The topological polar surface area (TPSA) is 97.6 Å². The second kappa shape index (κ2) is 9.36. The van der Waals surface area contributed by atoms with Crippen molar-refractivity contribution in [1.29, 1.82) is 0 Å². The Morgan fingerprint density at radius 2 is 1.68 bits per heavy atom. The van der Waals surface area contributed by atoms with Gasteiger partial charge in [-0.3, -0.25) is 0 Å². The predicted octanol–water partition coefficient (Wildman–Crippen LogP) is 1.12. The van der Waals surface area contributed by atoms with Crippen LogP contribution in [0.25, 0.3) is 0 Å². The van der Waals surface area contributed by atoms with Gasteiger partial charge in [0.05, 0.1) is 13.7 Å². The van der Waals surface area contributed by atoms with Gasteiger partial charge in [0.25, 0.3) is 0 Å². The number of hydrogen-bond acceptors (Lipinski definition) is 7. The van der Waals surface area contributed by atoms with E-state index in [-0.39, 0.29) is 0 Å². The molecule has 7 heteroatoms. The van der Waals surface area contributed by atoms with E-state index in [1.165, 1.54) is 7.11 Å². The van der Waals surface area contributed by atoms with Gasteiger partial charge in [-0.2, -0.15) is 0 Å². The van der Waals surface area contributed by atoms with Crippen molar-refractivity contribution in [3.8, 4) is 11.5 Å². The average Bonchev–Trinajstić information content (AvgIpc) is 2.72. The Morgan fingerprint density at radius 3 is 2.32 bits per heavy atom. The van der Waals surface area contributed by atoms with Crippen LogP contribution in [-0.4, -0.2) is 66.9 Å².